The zero-order chi connectivity index (χ0) is 24.4. The number of likely N-dealkylation sites (tertiary alicyclic amines) is 1. The fraction of sp³-hybridized carbons (Fsp3) is 0.360. The van der Waals surface area contributed by atoms with Gasteiger partial charge in [-0.3, -0.25) is 9.69 Å². The van der Waals surface area contributed by atoms with Gasteiger partial charge >= 0.3 is 0 Å². The van der Waals surface area contributed by atoms with Crippen LogP contribution < -0.4 is 15.0 Å². The Labute approximate surface area is 202 Å². The van der Waals surface area contributed by atoms with Gasteiger partial charge in [0.15, 0.2) is 5.82 Å². The summed E-state index contributed by atoms with van der Waals surface area (Å²) in [5.41, 5.74) is 2.08. The molecule has 0 aliphatic carbocycles. The van der Waals surface area contributed by atoms with Crippen molar-refractivity contribution in [3.05, 3.63) is 75.8 Å². The van der Waals surface area contributed by atoms with Crippen LogP contribution >= 0.6 is 0 Å². The van der Waals surface area contributed by atoms with E-state index in [1.807, 2.05) is 48.5 Å². The average molecular weight is 477 g/mol. The lowest BCUT2D eigenvalue weighted by atomic mass is 9.99. The molecule has 0 saturated carbocycles. The summed E-state index contributed by atoms with van der Waals surface area (Å²) in [7, 11) is 3.24. The predicted octanol–water partition coefficient (Wildman–Crippen LogP) is 2.13. The molecular weight excluding hydrogens is 448 g/mol. The van der Waals surface area contributed by atoms with E-state index in [2.05, 4.69) is 25.4 Å². The monoisotopic (exact) mass is 476 g/mol. The van der Waals surface area contributed by atoms with Gasteiger partial charge in [0, 0.05) is 29.6 Å². The molecule has 0 bridgehead atoms. The molecule has 0 spiro atoms. The first-order chi connectivity index (χ1) is 17.1. The molecule has 0 radical (unpaired) electrons. The van der Waals surface area contributed by atoms with Gasteiger partial charge < -0.3 is 19.6 Å². The van der Waals surface area contributed by atoms with Crippen molar-refractivity contribution in [1.82, 2.24) is 30.1 Å². The Bertz CT molecular complexity index is 1360. The number of fused-ring (bicyclic) bond motifs is 1. The zero-order valence-corrected chi connectivity index (χ0v) is 19.7. The van der Waals surface area contributed by atoms with Crippen LogP contribution in [0.3, 0.4) is 0 Å². The molecule has 4 aromatic rings. The third kappa shape index (κ3) is 4.75. The second-order valence-corrected chi connectivity index (χ2v) is 8.72. The average Bonchev–Trinajstić information content (AvgIpc) is 3.33. The third-order valence-corrected chi connectivity index (χ3v) is 6.53. The van der Waals surface area contributed by atoms with Crippen LogP contribution in [0.5, 0.6) is 11.5 Å². The van der Waals surface area contributed by atoms with Crippen molar-refractivity contribution in [2.24, 2.45) is 0 Å². The van der Waals surface area contributed by atoms with Crippen LogP contribution in [-0.4, -0.2) is 68.6 Å². The number of tetrazole rings is 1. The first-order valence-electron chi connectivity index (χ1n) is 11.6. The van der Waals surface area contributed by atoms with Gasteiger partial charge in [0.2, 0.25) is 0 Å². The zero-order valence-electron chi connectivity index (χ0n) is 19.7. The summed E-state index contributed by atoms with van der Waals surface area (Å²) >= 11 is 0. The van der Waals surface area contributed by atoms with E-state index in [1.54, 1.807) is 18.9 Å². The lowest BCUT2D eigenvalue weighted by Crippen LogP contribution is -2.41. The number of benzene rings is 2. The minimum absolute atomic E-state index is 0.196. The number of hydrogen-bond donors (Lipinski definition) is 2. The van der Waals surface area contributed by atoms with Crippen LogP contribution in [0.1, 0.15) is 35.8 Å². The van der Waals surface area contributed by atoms with E-state index < -0.39 is 6.04 Å². The smallest absolute Gasteiger partial charge is 0.253 e. The molecule has 2 aromatic carbocycles. The second-order valence-electron chi connectivity index (χ2n) is 8.72. The maximum absolute atomic E-state index is 13.3. The summed E-state index contributed by atoms with van der Waals surface area (Å²) in [6.07, 6.45) is 0.896. The maximum atomic E-state index is 13.3. The van der Waals surface area contributed by atoms with E-state index >= 15 is 0 Å². The molecule has 3 heterocycles. The number of methoxy groups -OCH3 is 2. The van der Waals surface area contributed by atoms with E-state index in [4.69, 9.17) is 9.47 Å². The number of aromatic nitrogens is 5. The first-order valence-corrected chi connectivity index (χ1v) is 11.6. The highest BCUT2D eigenvalue weighted by atomic mass is 16.5. The molecule has 1 saturated heterocycles. The highest BCUT2D eigenvalue weighted by Gasteiger charge is 2.32. The van der Waals surface area contributed by atoms with Crippen LogP contribution in [0.2, 0.25) is 0 Å². The number of pyridine rings is 1. The number of H-pyrrole nitrogens is 1. The van der Waals surface area contributed by atoms with E-state index in [-0.39, 0.29) is 11.7 Å². The van der Waals surface area contributed by atoms with Gasteiger partial charge in [0.05, 0.1) is 26.9 Å². The highest BCUT2D eigenvalue weighted by Crippen LogP contribution is 2.30. The summed E-state index contributed by atoms with van der Waals surface area (Å²) in [4.78, 5) is 18.5. The summed E-state index contributed by atoms with van der Waals surface area (Å²) in [6, 6.07) is 14.7. The SMILES string of the molecule is COc1ccc(Cn2nnnc2C(c2cc3cc(OC)ccc3[nH]c2=O)N2CCC(O)CC2)cc1. The number of aliphatic hydroxyl groups excluding tert-OH is 1. The van der Waals surface area contributed by atoms with Gasteiger partial charge in [-0.2, -0.15) is 0 Å². The summed E-state index contributed by atoms with van der Waals surface area (Å²) in [6.45, 7) is 1.69. The van der Waals surface area contributed by atoms with Crippen molar-refractivity contribution in [3.8, 4) is 11.5 Å². The van der Waals surface area contributed by atoms with Crippen LogP contribution in [0.15, 0.2) is 53.3 Å². The van der Waals surface area contributed by atoms with E-state index in [1.165, 1.54) is 0 Å². The molecule has 1 unspecified atom stereocenters. The lowest BCUT2D eigenvalue weighted by Gasteiger charge is -2.35. The normalized spacial score (nSPS) is 15.9. The predicted molar refractivity (Wildman–Crippen MR) is 130 cm³/mol. The molecule has 1 atom stereocenters. The van der Waals surface area contributed by atoms with Crippen molar-refractivity contribution in [2.45, 2.75) is 31.5 Å². The lowest BCUT2D eigenvalue weighted by molar-refractivity contribution is 0.0659. The van der Waals surface area contributed by atoms with Crippen molar-refractivity contribution in [3.63, 3.8) is 0 Å². The number of aromatic amines is 1. The maximum Gasteiger partial charge on any atom is 0.253 e. The second kappa shape index (κ2) is 9.85. The van der Waals surface area contributed by atoms with Gasteiger partial charge in [0.25, 0.3) is 5.56 Å². The Hall–Kier alpha value is -3.76. The minimum atomic E-state index is -0.477. The quantitative estimate of drug-likeness (QED) is 0.417. The molecule has 1 fully saturated rings. The molecule has 182 valence electrons. The standard InChI is InChI=1S/C25H28N6O4/c1-34-19-5-3-16(4-6-19)15-31-24(27-28-29-31)23(30-11-9-18(32)10-12-30)21-14-17-13-20(35-2)7-8-22(17)26-25(21)33/h3-8,13-14,18,23,32H,9-12,15H2,1-2H3,(H,26,33). The van der Waals surface area contributed by atoms with Gasteiger partial charge in [0.1, 0.15) is 17.5 Å². The Kier molecular flexibility index (Phi) is 6.47. The molecular formula is C25H28N6O4. The fourth-order valence-electron chi connectivity index (χ4n) is 4.60. The Morgan fingerprint density at radius 1 is 1.06 bits per heavy atom. The van der Waals surface area contributed by atoms with Crippen molar-refractivity contribution >= 4 is 10.9 Å². The number of hydrogen-bond acceptors (Lipinski definition) is 8. The van der Waals surface area contributed by atoms with Gasteiger partial charge in [-0.15, -0.1) is 5.10 Å². The van der Waals surface area contributed by atoms with Gasteiger partial charge in [-0.05, 0) is 65.2 Å². The molecule has 2 N–H and O–H groups in total. The summed E-state index contributed by atoms with van der Waals surface area (Å²) in [5.74, 6) is 2.05. The van der Waals surface area contributed by atoms with Crippen LogP contribution in [0.4, 0.5) is 0 Å². The molecule has 10 heteroatoms. The van der Waals surface area contributed by atoms with Gasteiger partial charge in [-0.1, -0.05) is 12.1 Å². The number of nitrogens with one attached hydrogen (secondary N) is 1. The molecule has 1 aliphatic rings. The van der Waals surface area contributed by atoms with Crippen LogP contribution in [-0.2, 0) is 6.54 Å². The topological polar surface area (TPSA) is 118 Å². The molecule has 1 aliphatic heterocycles. The van der Waals surface area contributed by atoms with E-state index in [0.717, 1.165) is 22.2 Å². The summed E-state index contributed by atoms with van der Waals surface area (Å²) < 4.78 is 12.4. The van der Waals surface area contributed by atoms with E-state index in [9.17, 15) is 9.90 Å². The van der Waals surface area contributed by atoms with Crippen molar-refractivity contribution in [2.75, 3.05) is 27.3 Å². The van der Waals surface area contributed by atoms with Crippen molar-refractivity contribution < 1.29 is 14.6 Å². The third-order valence-electron chi connectivity index (χ3n) is 6.53. The largest absolute Gasteiger partial charge is 0.497 e. The summed E-state index contributed by atoms with van der Waals surface area (Å²) in [5, 5.41) is 23.5. The number of rotatable bonds is 7. The van der Waals surface area contributed by atoms with Crippen molar-refractivity contribution in [1.29, 1.82) is 0 Å². The van der Waals surface area contributed by atoms with Crippen LogP contribution in [0, 0.1) is 0 Å². The Morgan fingerprint density at radius 3 is 2.49 bits per heavy atom. The number of nitrogens with zero attached hydrogens (tertiary/aromatic N) is 5. The molecule has 10 nitrogen and oxygen atoms in total. The highest BCUT2D eigenvalue weighted by molar-refractivity contribution is 5.80. The molecule has 0 amide bonds. The molecule has 5 rings (SSSR count). The van der Waals surface area contributed by atoms with Gasteiger partial charge in [-0.25, -0.2) is 4.68 Å². The first kappa shape index (κ1) is 23.0. The minimum Gasteiger partial charge on any atom is -0.497 e. The fourth-order valence-corrected chi connectivity index (χ4v) is 4.60. The number of ether oxygens (including phenoxy) is 2. The van der Waals surface area contributed by atoms with Crippen LogP contribution in [0.25, 0.3) is 10.9 Å². The molecule has 35 heavy (non-hydrogen) atoms. The number of aliphatic hydroxyl groups is 1. The molecule has 2 aromatic heterocycles. The number of piperidine rings is 1. The van der Waals surface area contributed by atoms with E-state index in [0.29, 0.717) is 49.6 Å². The Balaban J connectivity index is 1.58. The Morgan fingerprint density at radius 2 is 1.77 bits per heavy atom.